The van der Waals surface area contributed by atoms with Crippen molar-refractivity contribution in [3.63, 3.8) is 0 Å². The van der Waals surface area contributed by atoms with Gasteiger partial charge in [0.25, 0.3) is 0 Å². The average Bonchev–Trinajstić information content (AvgIpc) is 2.66. The average molecular weight is 246 g/mol. The highest BCUT2D eigenvalue weighted by Gasteiger charge is 2.41. The minimum Gasteiger partial charge on any atom is -0.419 e. The quantitative estimate of drug-likeness (QED) is 0.757. The Labute approximate surface area is 107 Å². The fourth-order valence-corrected chi connectivity index (χ4v) is 1.97. The summed E-state index contributed by atoms with van der Waals surface area (Å²) in [5.74, 6) is 0.644. The highest BCUT2D eigenvalue weighted by atomic mass is 16.8. The number of ether oxygens (including phenoxy) is 2. The standard InChI is InChI=1S/C15H18O3/c1-3-15(2)13(17-14(16)18-15)11-7-10-12-8-5-4-6-9-12/h4-6,8-9,11H,3,7,10H2,1-2H3/b13-11-. The van der Waals surface area contributed by atoms with Crippen molar-refractivity contribution in [2.75, 3.05) is 0 Å². The first kappa shape index (κ1) is 12.7. The van der Waals surface area contributed by atoms with E-state index in [-0.39, 0.29) is 0 Å². The third-order valence-electron chi connectivity index (χ3n) is 3.30. The Bertz CT molecular complexity index is 450. The molecule has 3 nitrogen and oxygen atoms in total. The molecule has 0 aromatic heterocycles. The molecule has 1 fully saturated rings. The van der Waals surface area contributed by atoms with Gasteiger partial charge in [0.15, 0.2) is 11.4 Å². The SMILES string of the molecule is CCC1(C)OC(=O)O/C1=C\CCc1ccccc1. The number of hydrogen-bond donors (Lipinski definition) is 0. The van der Waals surface area contributed by atoms with Gasteiger partial charge in [-0.05, 0) is 37.8 Å². The van der Waals surface area contributed by atoms with Crippen LogP contribution >= 0.6 is 0 Å². The van der Waals surface area contributed by atoms with Gasteiger partial charge in [0.1, 0.15) is 0 Å². The van der Waals surface area contributed by atoms with Crippen LogP contribution in [0.25, 0.3) is 0 Å². The second kappa shape index (κ2) is 5.25. The summed E-state index contributed by atoms with van der Waals surface area (Å²) >= 11 is 0. The molecule has 1 aromatic carbocycles. The molecule has 0 saturated carbocycles. The largest absolute Gasteiger partial charge is 0.514 e. The van der Waals surface area contributed by atoms with E-state index in [0.717, 1.165) is 19.3 Å². The first-order valence-corrected chi connectivity index (χ1v) is 6.29. The molecule has 2 rings (SSSR count). The molecule has 96 valence electrons. The first-order valence-electron chi connectivity index (χ1n) is 6.29. The number of rotatable bonds is 4. The van der Waals surface area contributed by atoms with Crippen molar-refractivity contribution in [2.24, 2.45) is 0 Å². The summed E-state index contributed by atoms with van der Waals surface area (Å²) in [5, 5.41) is 0. The molecule has 1 atom stereocenters. The van der Waals surface area contributed by atoms with E-state index in [2.05, 4.69) is 12.1 Å². The molecule has 1 aromatic rings. The molecule has 1 unspecified atom stereocenters. The van der Waals surface area contributed by atoms with Gasteiger partial charge in [-0.2, -0.15) is 0 Å². The Hall–Kier alpha value is -1.77. The summed E-state index contributed by atoms with van der Waals surface area (Å²) < 4.78 is 10.3. The lowest BCUT2D eigenvalue weighted by molar-refractivity contribution is 0.0745. The second-order valence-corrected chi connectivity index (χ2v) is 4.63. The molecule has 1 heterocycles. The number of allylic oxidation sites excluding steroid dienone is 1. The van der Waals surface area contributed by atoms with Crippen LogP contribution in [0.1, 0.15) is 32.3 Å². The summed E-state index contributed by atoms with van der Waals surface area (Å²) in [6.45, 7) is 3.86. The van der Waals surface area contributed by atoms with Crippen LogP contribution in [0.4, 0.5) is 4.79 Å². The van der Waals surface area contributed by atoms with Crippen molar-refractivity contribution < 1.29 is 14.3 Å². The van der Waals surface area contributed by atoms with Crippen molar-refractivity contribution in [1.82, 2.24) is 0 Å². The minimum absolute atomic E-state index is 0.590. The summed E-state index contributed by atoms with van der Waals surface area (Å²) in [4.78, 5) is 11.2. The molecule has 0 amide bonds. The van der Waals surface area contributed by atoms with Gasteiger partial charge in [-0.15, -0.1) is 0 Å². The van der Waals surface area contributed by atoms with Crippen LogP contribution < -0.4 is 0 Å². The molecule has 1 aliphatic rings. The number of carbonyl (C=O) groups is 1. The fraction of sp³-hybridized carbons (Fsp3) is 0.400. The van der Waals surface area contributed by atoms with Crippen LogP contribution in [0.2, 0.25) is 0 Å². The van der Waals surface area contributed by atoms with E-state index in [1.165, 1.54) is 5.56 Å². The minimum atomic E-state index is -0.592. The number of carbonyl (C=O) groups excluding carboxylic acids is 1. The van der Waals surface area contributed by atoms with Crippen LogP contribution in [0, 0.1) is 0 Å². The zero-order chi connectivity index (χ0) is 13.0. The predicted molar refractivity (Wildman–Crippen MR) is 69.1 cm³/mol. The molecule has 0 bridgehead atoms. The van der Waals surface area contributed by atoms with Crippen LogP contribution in [0.15, 0.2) is 42.2 Å². The topological polar surface area (TPSA) is 35.5 Å². The van der Waals surface area contributed by atoms with E-state index >= 15 is 0 Å². The monoisotopic (exact) mass is 246 g/mol. The molecule has 0 aliphatic carbocycles. The maximum atomic E-state index is 11.2. The maximum Gasteiger partial charge on any atom is 0.514 e. The lowest BCUT2D eigenvalue weighted by atomic mass is 9.99. The van der Waals surface area contributed by atoms with Crippen molar-refractivity contribution in [3.8, 4) is 0 Å². The van der Waals surface area contributed by atoms with Crippen molar-refractivity contribution >= 4 is 6.16 Å². The smallest absolute Gasteiger partial charge is 0.419 e. The van der Waals surface area contributed by atoms with Gasteiger partial charge >= 0.3 is 6.16 Å². The maximum absolute atomic E-state index is 11.2. The van der Waals surface area contributed by atoms with Crippen molar-refractivity contribution in [3.05, 3.63) is 47.7 Å². The molecule has 3 heteroatoms. The number of aryl methyl sites for hydroxylation is 1. The summed E-state index contributed by atoms with van der Waals surface area (Å²) in [7, 11) is 0. The Morgan fingerprint density at radius 2 is 2.00 bits per heavy atom. The molecule has 18 heavy (non-hydrogen) atoms. The predicted octanol–water partition coefficient (Wildman–Crippen LogP) is 3.84. The summed E-state index contributed by atoms with van der Waals surface area (Å²) in [6, 6.07) is 10.2. The molecule has 1 saturated heterocycles. The molecule has 1 aliphatic heterocycles. The summed E-state index contributed by atoms with van der Waals surface area (Å²) in [5.41, 5.74) is 0.686. The lowest BCUT2D eigenvalue weighted by Crippen LogP contribution is -2.24. The Morgan fingerprint density at radius 1 is 1.28 bits per heavy atom. The normalized spacial score (nSPS) is 25.0. The van der Waals surface area contributed by atoms with E-state index < -0.39 is 11.8 Å². The third-order valence-corrected chi connectivity index (χ3v) is 3.30. The molecular weight excluding hydrogens is 228 g/mol. The Morgan fingerprint density at radius 3 is 2.67 bits per heavy atom. The van der Waals surface area contributed by atoms with Crippen molar-refractivity contribution in [1.29, 1.82) is 0 Å². The molecule has 0 spiro atoms. The number of cyclic esters (lactones) is 2. The van der Waals surface area contributed by atoms with E-state index in [4.69, 9.17) is 9.47 Å². The highest BCUT2D eigenvalue weighted by Crippen LogP contribution is 2.33. The third kappa shape index (κ3) is 2.73. The zero-order valence-electron chi connectivity index (χ0n) is 10.8. The van der Waals surface area contributed by atoms with E-state index in [0.29, 0.717) is 5.76 Å². The van der Waals surface area contributed by atoms with E-state index in [1.54, 1.807) is 0 Å². The molecule has 0 radical (unpaired) electrons. The van der Waals surface area contributed by atoms with Gasteiger partial charge < -0.3 is 9.47 Å². The van der Waals surface area contributed by atoms with Crippen molar-refractivity contribution in [2.45, 2.75) is 38.7 Å². The van der Waals surface area contributed by atoms with Gasteiger partial charge in [-0.3, -0.25) is 0 Å². The van der Waals surface area contributed by atoms with E-state index in [1.807, 2.05) is 38.1 Å². The number of hydrogen-bond acceptors (Lipinski definition) is 3. The summed E-state index contributed by atoms with van der Waals surface area (Å²) in [6.07, 6.45) is 3.86. The first-order chi connectivity index (χ1) is 8.64. The Balaban J connectivity index is 1.99. The van der Waals surface area contributed by atoms with Gasteiger partial charge in [0, 0.05) is 0 Å². The highest BCUT2D eigenvalue weighted by molar-refractivity contribution is 5.66. The lowest BCUT2D eigenvalue weighted by Gasteiger charge is -2.18. The van der Waals surface area contributed by atoms with Crippen LogP contribution in [-0.4, -0.2) is 11.8 Å². The molecular formula is C15H18O3. The van der Waals surface area contributed by atoms with Crippen LogP contribution in [-0.2, 0) is 15.9 Å². The number of benzene rings is 1. The van der Waals surface area contributed by atoms with Crippen LogP contribution in [0.3, 0.4) is 0 Å². The molecule has 0 N–H and O–H groups in total. The Kier molecular flexibility index (Phi) is 3.70. The van der Waals surface area contributed by atoms with Gasteiger partial charge in [-0.1, -0.05) is 37.3 Å². The van der Waals surface area contributed by atoms with Gasteiger partial charge in [0.05, 0.1) is 0 Å². The second-order valence-electron chi connectivity index (χ2n) is 4.63. The van der Waals surface area contributed by atoms with E-state index in [9.17, 15) is 4.79 Å². The van der Waals surface area contributed by atoms with Gasteiger partial charge in [0.2, 0.25) is 0 Å². The zero-order valence-corrected chi connectivity index (χ0v) is 10.8. The van der Waals surface area contributed by atoms with Gasteiger partial charge in [-0.25, -0.2) is 4.79 Å². The fourth-order valence-electron chi connectivity index (χ4n) is 1.97. The van der Waals surface area contributed by atoms with Crippen LogP contribution in [0.5, 0.6) is 0 Å².